The van der Waals surface area contributed by atoms with E-state index in [0.717, 1.165) is 53.3 Å². The normalized spacial score (nSPS) is 15.8. The van der Waals surface area contributed by atoms with Gasteiger partial charge in [0.05, 0.1) is 5.69 Å². The van der Waals surface area contributed by atoms with Gasteiger partial charge in [0.1, 0.15) is 6.04 Å². The molecule has 0 bridgehead atoms. The summed E-state index contributed by atoms with van der Waals surface area (Å²) >= 11 is 0. The van der Waals surface area contributed by atoms with Crippen LogP contribution in [-0.4, -0.2) is 41.2 Å². The molecule has 3 amide bonds. The predicted molar refractivity (Wildman–Crippen MR) is 146 cm³/mol. The van der Waals surface area contributed by atoms with Crippen molar-refractivity contribution in [2.45, 2.75) is 70.5 Å². The first-order valence-electron chi connectivity index (χ1n) is 13.5. The van der Waals surface area contributed by atoms with Crippen LogP contribution >= 0.6 is 0 Å². The van der Waals surface area contributed by atoms with E-state index in [9.17, 15) is 14.4 Å². The molecule has 0 unspecified atom stereocenters. The molecule has 1 saturated carbocycles. The van der Waals surface area contributed by atoms with Gasteiger partial charge in [-0.3, -0.25) is 14.4 Å². The number of amides is 3. The van der Waals surface area contributed by atoms with E-state index in [0.29, 0.717) is 25.9 Å². The first-order valence-corrected chi connectivity index (χ1v) is 13.5. The van der Waals surface area contributed by atoms with Gasteiger partial charge in [-0.25, -0.2) is 0 Å². The fourth-order valence-electron chi connectivity index (χ4n) is 5.80. The van der Waals surface area contributed by atoms with Gasteiger partial charge in [-0.05, 0) is 48.8 Å². The van der Waals surface area contributed by atoms with Crippen LogP contribution in [0.3, 0.4) is 0 Å². The molecule has 1 heterocycles. The SMILES string of the molecule is CC[C@@H](C(=O)NC1CCCC1)N(Cc1ccccc1)C(=O)CCCN1C(=O)c2cccc3cccc1c23. The van der Waals surface area contributed by atoms with Crippen LogP contribution in [-0.2, 0) is 16.1 Å². The number of anilines is 1. The highest BCUT2D eigenvalue weighted by Crippen LogP contribution is 2.37. The Morgan fingerprint density at radius 2 is 1.73 bits per heavy atom. The van der Waals surface area contributed by atoms with Crippen LogP contribution in [0.25, 0.3) is 10.8 Å². The highest BCUT2D eigenvalue weighted by Gasteiger charge is 2.32. The molecule has 1 N–H and O–H groups in total. The second-order valence-corrected chi connectivity index (χ2v) is 10.2. The lowest BCUT2D eigenvalue weighted by molar-refractivity contribution is -0.141. The number of nitrogens with one attached hydrogen (secondary N) is 1. The summed E-state index contributed by atoms with van der Waals surface area (Å²) in [6.07, 6.45) is 5.65. The van der Waals surface area contributed by atoms with Crippen molar-refractivity contribution in [1.29, 1.82) is 0 Å². The molecule has 6 heteroatoms. The maximum Gasteiger partial charge on any atom is 0.258 e. The van der Waals surface area contributed by atoms with Gasteiger partial charge >= 0.3 is 0 Å². The largest absolute Gasteiger partial charge is 0.352 e. The van der Waals surface area contributed by atoms with Crippen LogP contribution in [0.1, 0.15) is 67.8 Å². The minimum absolute atomic E-state index is 0.0113. The summed E-state index contributed by atoms with van der Waals surface area (Å²) in [4.78, 5) is 43.5. The minimum atomic E-state index is -0.514. The van der Waals surface area contributed by atoms with E-state index in [1.807, 2.05) is 73.7 Å². The lowest BCUT2D eigenvalue weighted by atomic mass is 10.1. The molecule has 6 nitrogen and oxygen atoms in total. The van der Waals surface area contributed by atoms with Gasteiger partial charge in [0.15, 0.2) is 0 Å². The zero-order valence-electron chi connectivity index (χ0n) is 21.5. The van der Waals surface area contributed by atoms with Gasteiger partial charge in [-0.1, -0.05) is 74.4 Å². The van der Waals surface area contributed by atoms with E-state index in [1.54, 1.807) is 9.80 Å². The van der Waals surface area contributed by atoms with Crippen molar-refractivity contribution in [3.05, 3.63) is 77.9 Å². The van der Waals surface area contributed by atoms with Gasteiger partial charge in [-0.2, -0.15) is 0 Å². The third-order valence-electron chi connectivity index (χ3n) is 7.70. The summed E-state index contributed by atoms with van der Waals surface area (Å²) in [6.45, 7) is 2.82. The predicted octanol–water partition coefficient (Wildman–Crippen LogP) is 5.45. The molecule has 192 valence electrons. The zero-order chi connectivity index (χ0) is 25.8. The van der Waals surface area contributed by atoms with E-state index < -0.39 is 6.04 Å². The van der Waals surface area contributed by atoms with Crippen molar-refractivity contribution >= 4 is 34.2 Å². The van der Waals surface area contributed by atoms with Crippen LogP contribution in [0.2, 0.25) is 0 Å². The van der Waals surface area contributed by atoms with Crippen LogP contribution < -0.4 is 10.2 Å². The molecule has 0 radical (unpaired) electrons. The molecule has 2 aliphatic rings. The second-order valence-electron chi connectivity index (χ2n) is 10.2. The van der Waals surface area contributed by atoms with Crippen molar-refractivity contribution in [3.63, 3.8) is 0 Å². The van der Waals surface area contributed by atoms with Crippen molar-refractivity contribution in [3.8, 4) is 0 Å². The summed E-state index contributed by atoms with van der Waals surface area (Å²) in [7, 11) is 0. The van der Waals surface area contributed by atoms with Crippen LogP contribution in [0, 0.1) is 0 Å². The van der Waals surface area contributed by atoms with Gasteiger partial charge in [-0.15, -0.1) is 0 Å². The molecule has 0 spiro atoms. The molecule has 3 aromatic carbocycles. The van der Waals surface area contributed by atoms with E-state index >= 15 is 0 Å². The maximum absolute atomic E-state index is 13.6. The monoisotopic (exact) mass is 497 g/mol. The Bertz CT molecular complexity index is 1280. The smallest absolute Gasteiger partial charge is 0.258 e. The summed E-state index contributed by atoms with van der Waals surface area (Å²) in [6, 6.07) is 21.3. The average Bonchev–Trinajstić information content (AvgIpc) is 3.52. The molecule has 1 fully saturated rings. The summed E-state index contributed by atoms with van der Waals surface area (Å²) in [5, 5.41) is 5.23. The van der Waals surface area contributed by atoms with Crippen molar-refractivity contribution in [2.24, 2.45) is 0 Å². The summed E-state index contributed by atoms with van der Waals surface area (Å²) in [5.41, 5.74) is 2.63. The number of carbonyl (C=O) groups excluding carboxylic acids is 3. The van der Waals surface area contributed by atoms with E-state index in [1.165, 1.54) is 0 Å². The molecular formula is C31H35N3O3. The highest BCUT2D eigenvalue weighted by atomic mass is 16.2. The van der Waals surface area contributed by atoms with Crippen LogP contribution in [0.4, 0.5) is 5.69 Å². The highest BCUT2D eigenvalue weighted by molar-refractivity contribution is 6.25. The first kappa shape index (κ1) is 25.0. The van der Waals surface area contributed by atoms with Crippen LogP contribution in [0.15, 0.2) is 66.7 Å². The maximum atomic E-state index is 13.6. The molecule has 3 aromatic rings. The van der Waals surface area contributed by atoms with Gasteiger partial charge < -0.3 is 15.1 Å². The fraction of sp³-hybridized carbons (Fsp3) is 0.387. The molecule has 1 aliphatic carbocycles. The fourth-order valence-corrected chi connectivity index (χ4v) is 5.80. The Morgan fingerprint density at radius 3 is 2.46 bits per heavy atom. The molecule has 1 atom stereocenters. The first-order chi connectivity index (χ1) is 18.1. The van der Waals surface area contributed by atoms with Crippen LogP contribution in [0.5, 0.6) is 0 Å². The number of nitrogens with zero attached hydrogens (tertiary/aromatic N) is 2. The number of rotatable bonds is 10. The minimum Gasteiger partial charge on any atom is -0.352 e. The van der Waals surface area contributed by atoms with Crippen molar-refractivity contribution in [2.75, 3.05) is 11.4 Å². The van der Waals surface area contributed by atoms with Gasteiger partial charge in [0.2, 0.25) is 11.8 Å². The number of benzene rings is 3. The van der Waals surface area contributed by atoms with Crippen molar-refractivity contribution < 1.29 is 14.4 Å². The average molecular weight is 498 g/mol. The standard InChI is InChI=1S/C31H35N3O3/c1-2-26(30(36)32-24-15-6-7-16-24)34(21-22-11-4-3-5-12-22)28(35)19-10-20-33-27-18-9-14-23-13-8-17-25(29(23)27)31(33)37/h3-5,8-9,11-14,17-18,24,26H,2,6-7,10,15-16,19-21H2,1H3,(H,32,36)/t26-/m0/s1. The molecule has 5 rings (SSSR count). The summed E-state index contributed by atoms with van der Waals surface area (Å²) < 4.78 is 0. The number of hydrogen-bond acceptors (Lipinski definition) is 3. The Kier molecular flexibility index (Phi) is 7.54. The lowest BCUT2D eigenvalue weighted by Gasteiger charge is -2.32. The van der Waals surface area contributed by atoms with E-state index in [-0.39, 0.29) is 30.2 Å². The molecular weight excluding hydrogens is 462 g/mol. The Morgan fingerprint density at radius 1 is 1.00 bits per heavy atom. The quantitative estimate of drug-likeness (QED) is 0.405. The molecule has 1 aliphatic heterocycles. The number of carbonyl (C=O) groups is 3. The lowest BCUT2D eigenvalue weighted by Crippen LogP contribution is -2.51. The van der Waals surface area contributed by atoms with Crippen molar-refractivity contribution in [1.82, 2.24) is 10.2 Å². The third kappa shape index (κ3) is 5.24. The van der Waals surface area contributed by atoms with Gasteiger partial charge in [0, 0.05) is 36.5 Å². The molecule has 0 saturated heterocycles. The molecule has 0 aromatic heterocycles. The summed E-state index contributed by atoms with van der Waals surface area (Å²) in [5.74, 6) is -0.127. The zero-order valence-corrected chi connectivity index (χ0v) is 21.5. The third-order valence-corrected chi connectivity index (χ3v) is 7.70. The van der Waals surface area contributed by atoms with Gasteiger partial charge in [0.25, 0.3) is 5.91 Å². The topological polar surface area (TPSA) is 69.7 Å². The Hall–Kier alpha value is -3.67. The number of hydrogen-bond donors (Lipinski definition) is 1. The molecule has 37 heavy (non-hydrogen) atoms. The Balaban J connectivity index is 1.28. The Labute approximate surface area is 218 Å². The second kappa shape index (κ2) is 11.2. The van der Waals surface area contributed by atoms with E-state index in [4.69, 9.17) is 0 Å². The van der Waals surface area contributed by atoms with E-state index in [2.05, 4.69) is 5.32 Å².